The Hall–Kier alpha value is -2.98. The van der Waals surface area contributed by atoms with E-state index in [0.29, 0.717) is 49.3 Å². The predicted molar refractivity (Wildman–Crippen MR) is 115 cm³/mol. The molecule has 1 aromatic carbocycles. The zero-order valence-corrected chi connectivity index (χ0v) is 18.4. The zero-order chi connectivity index (χ0) is 22.7. The number of nitrogens with zero attached hydrogens (tertiary/aromatic N) is 4. The van der Waals surface area contributed by atoms with Crippen molar-refractivity contribution < 1.29 is 23.1 Å². The lowest BCUT2D eigenvalue weighted by molar-refractivity contribution is -0.142. The minimum absolute atomic E-state index is 0.155. The molecule has 0 aliphatic carbocycles. The monoisotopic (exact) mass is 470 g/mol. The Morgan fingerprint density at radius 3 is 2.64 bits per heavy atom. The van der Waals surface area contributed by atoms with Crippen molar-refractivity contribution in [3.05, 3.63) is 58.9 Å². The number of fused-ring (bicyclic) bond motifs is 2. The molecule has 3 aliphatic rings. The normalized spacial score (nSPS) is 24.1. The van der Waals surface area contributed by atoms with Crippen molar-refractivity contribution >= 4 is 33.4 Å². The third-order valence-electron chi connectivity index (χ3n) is 6.82. The second kappa shape index (κ2) is 7.53. The molecule has 170 valence electrons. The Morgan fingerprint density at radius 1 is 1.15 bits per heavy atom. The quantitative estimate of drug-likeness (QED) is 0.571. The molecule has 2 unspecified atom stereocenters. The molecule has 2 amide bonds. The molecule has 3 fully saturated rings. The smallest absolute Gasteiger partial charge is 0.282 e. The third kappa shape index (κ3) is 3.31. The fourth-order valence-electron chi connectivity index (χ4n) is 5.22. The molecule has 1 spiro atoms. The summed E-state index contributed by atoms with van der Waals surface area (Å²) in [5.74, 6) is -1.63. The first-order valence-corrected chi connectivity index (χ1v) is 11.7. The van der Waals surface area contributed by atoms with Crippen LogP contribution >= 0.6 is 11.3 Å². The van der Waals surface area contributed by atoms with E-state index in [1.165, 1.54) is 23.5 Å². The van der Waals surface area contributed by atoms with Gasteiger partial charge in [0.1, 0.15) is 17.9 Å². The molecule has 3 aromatic rings. The predicted octanol–water partition coefficient (Wildman–Crippen LogP) is 3.66. The van der Waals surface area contributed by atoms with E-state index in [9.17, 15) is 18.4 Å². The summed E-state index contributed by atoms with van der Waals surface area (Å²) >= 11 is 1.30. The van der Waals surface area contributed by atoms with Gasteiger partial charge in [0.25, 0.3) is 11.8 Å². The SMILES string of the molecule is O=C(c1nc2ccncc2s1)N1CCC2(CC1)OC1CCC(c3cc(F)cc(F)c3)N1C2=O. The molecule has 33 heavy (non-hydrogen) atoms. The minimum Gasteiger partial charge on any atom is -0.342 e. The molecular weight excluding hydrogens is 450 g/mol. The van der Waals surface area contributed by atoms with Gasteiger partial charge in [-0.2, -0.15) is 0 Å². The van der Waals surface area contributed by atoms with Gasteiger partial charge in [-0.3, -0.25) is 14.6 Å². The van der Waals surface area contributed by atoms with Crippen LogP contribution in [-0.2, 0) is 9.53 Å². The number of hydrogen-bond acceptors (Lipinski definition) is 6. The van der Waals surface area contributed by atoms with Gasteiger partial charge in [-0.05, 0) is 36.6 Å². The van der Waals surface area contributed by atoms with Crippen molar-refractivity contribution in [3.8, 4) is 0 Å². The highest BCUT2D eigenvalue weighted by molar-refractivity contribution is 7.20. The number of ether oxygens (including phenoxy) is 1. The molecule has 6 rings (SSSR count). The second-order valence-corrected chi connectivity index (χ2v) is 9.76. The molecule has 0 saturated carbocycles. The van der Waals surface area contributed by atoms with Gasteiger partial charge in [0.2, 0.25) is 0 Å². The Balaban J connectivity index is 1.18. The highest BCUT2D eigenvalue weighted by Crippen LogP contribution is 2.47. The first-order chi connectivity index (χ1) is 15.9. The fourth-order valence-corrected chi connectivity index (χ4v) is 6.12. The number of benzene rings is 1. The Kier molecular flexibility index (Phi) is 4.70. The number of carbonyl (C=O) groups is 2. The number of piperidine rings is 1. The van der Waals surface area contributed by atoms with E-state index in [4.69, 9.17) is 4.74 Å². The molecule has 3 aliphatic heterocycles. The van der Waals surface area contributed by atoms with Crippen molar-refractivity contribution in [2.75, 3.05) is 13.1 Å². The summed E-state index contributed by atoms with van der Waals surface area (Å²) in [5.41, 5.74) is 0.187. The van der Waals surface area contributed by atoms with Gasteiger partial charge in [0, 0.05) is 44.4 Å². The molecule has 0 radical (unpaired) electrons. The lowest BCUT2D eigenvalue weighted by Gasteiger charge is -2.37. The molecule has 7 nitrogen and oxygen atoms in total. The zero-order valence-electron chi connectivity index (χ0n) is 17.5. The van der Waals surface area contributed by atoms with E-state index >= 15 is 0 Å². The third-order valence-corrected chi connectivity index (χ3v) is 7.81. The molecule has 0 N–H and O–H groups in total. The van der Waals surface area contributed by atoms with Crippen LogP contribution in [0.4, 0.5) is 8.78 Å². The van der Waals surface area contributed by atoms with Crippen LogP contribution < -0.4 is 0 Å². The maximum absolute atomic E-state index is 13.8. The minimum atomic E-state index is -0.997. The Labute approximate surface area is 192 Å². The van der Waals surface area contributed by atoms with Crippen LogP contribution in [0.2, 0.25) is 0 Å². The summed E-state index contributed by atoms with van der Waals surface area (Å²) in [4.78, 5) is 38.3. The number of likely N-dealkylation sites (tertiary alicyclic amines) is 1. The molecule has 3 saturated heterocycles. The van der Waals surface area contributed by atoms with Crippen LogP contribution in [0.3, 0.4) is 0 Å². The molecule has 5 heterocycles. The number of carbonyl (C=O) groups excluding carboxylic acids is 2. The number of halogens is 2. The van der Waals surface area contributed by atoms with E-state index in [1.807, 2.05) is 0 Å². The van der Waals surface area contributed by atoms with Gasteiger partial charge in [-0.25, -0.2) is 13.8 Å². The number of pyridine rings is 1. The van der Waals surface area contributed by atoms with Crippen LogP contribution in [0, 0.1) is 11.6 Å². The molecular formula is C23H20F2N4O3S. The second-order valence-electron chi connectivity index (χ2n) is 8.73. The Morgan fingerprint density at radius 2 is 1.91 bits per heavy atom. The maximum atomic E-state index is 13.8. The summed E-state index contributed by atoms with van der Waals surface area (Å²) in [5, 5.41) is 0.404. The highest BCUT2D eigenvalue weighted by Gasteiger charge is 2.58. The summed E-state index contributed by atoms with van der Waals surface area (Å²) in [6.07, 6.45) is 4.87. The topological polar surface area (TPSA) is 75.6 Å². The number of thiazole rings is 1. The van der Waals surface area contributed by atoms with E-state index in [2.05, 4.69) is 9.97 Å². The van der Waals surface area contributed by atoms with Crippen molar-refractivity contribution in [3.63, 3.8) is 0 Å². The van der Waals surface area contributed by atoms with Gasteiger partial charge in [-0.1, -0.05) is 0 Å². The largest absolute Gasteiger partial charge is 0.342 e. The number of aromatic nitrogens is 2. The molecule has 0 bridgehead atoms. The highest BCUT2D eigenvalue weighted by atomic mass is 32.1. The number of rotatable bonds is 2. The Bertz CT molecular complexity index is 1220. The summed E-state index contributed by atoms with van der Waals surface area (Å²) in [6.45, 7) is 0.747. The fraction of sp³-hybridized carbons (Fsp3) is 0.391. The summed E-state index contributed by atoms with van der Waals surface area (Å²) in [6, 6.07) is 4.75. The maximum Gasteiger partial charge on any atom is 0.282 e. The average molecular weight is 471 g/mol. The summed E-state index contributed by atoms with van der Waals surface area (Å²) < 4.78 is 34.7. The van der Waals surface area contributed by atoms with Gasteiger partial charge >= 0.3 is 0 Å². The number of hydrogen-bond donors (Lipinski definition) is 0. The van der Waals surface area contributed by atoms with Crippen LogP contribution in [0.25, 0.3) is 10.2 Å². The number of amides is 2. The van der Waals surface area contributed by atoms with Gasteiger partial charge in [0.15, 0.2) is 10.6 Å². The van der Waals surface area contributed by atoms with Crippen molar-refractivity contribution in [1.82, 2.24) is 19.8 Å². The average Bonchev–Trinajstić information content (AvgIpc) is 3.48. The molecule has 2 aromatic heterocycles. The molecule has 10 heteroatoms. The lowest BCUT2D eigenvalue weighted by atomic mass is 9.89. The van der Waals surface area contributed by atoms with E-state index in [-0.39, 0.29) is 11.8 Å². The van der Waals surface area contributed by atoms with Crippen molar-refractivity contribution in [2.45, 2.75) is 43.6 Å². The lowest BCUT2D eigenvalue weighted by Crippen LogP contribution is -2.51. The first-order valence-electron chi connectivity index (χ1n) is 10.9. The van der Waals surface area contributed by atoms with Crippen LogP contribution in [-0.4, -0.2) is 56.5 Å². The van der Waals surface area contributed by atoms with Crippen LogP contribution in [0.5, 0.6) is 0 Å². The summed E-state index contributed by atoms with van der Waals surface area (Å²) in [7, 11) is 0. The molecule has 2 atom stereocenters. The van der Waals surface area contributed by atoms with E-state index < -0.39 is 29.5 Å². The standard InChI is InChI=1S/C23H20F2N4O3S/c24-14-9-13(10-15(25)11-14)17-1-2-19-29(17)22(31)23(32-19)4-7-28(8-5-23)21(30)20-27-16-3-6-26-12-18(16)33-20/h3,6,9-12,17,19H,1-2,4-5,7-8H2. The van der Waals surface area contributed by atoms with E-state index in [0.717, 1.165) is 16.3 Å². The van der Waals surface area contributed by atoms with Crippen molar-refractivity contribution in [1.29, 1.82) is 0 Å². The first kappa shape index (κ1) is 20.6. The van der Waals surface area contributed by atoms with Crippen LogP contribution in [0.1, 0.15) is 47.1 Å². The van der Waals surface area contributed by atoms with Crippen LogP contribution in [0.15, 0.2) is 36.7 Å². The van der Waals surface area contributed by atoms with Gasteiger partial charge < -0.3 is 14.5 Å². The van der Waals surface area contributed by atoms with Gasteiger partial charge in [0.05, 0.1) is 16.3 Å². The van der Waals surface area contributed by atoms with Gasteiger partial charge in [-0.15, -0.1) is 11.3 Å². The van der Waals surface area contributed by atoms with Crippen molar-refractivity contribution in [2.24, 2.45) is 0 Å². The van der Waals surface area contributed by atoms with E-state index in [1.54, 1.807) is 28.3 Å².